The maximum atomic E-state index is 13.3. The van der Waals surface area contributed by atoms with Crippen LogP contribution < -0.4 is 43.4 Å². The van der Waals surface area contributed by atoms with Crippen LogP contribution in [0.25, 0.3) is 0 Å². The van der Waals surface area contributed by atoms with Gasteiger partial charge in [-0.05, 0) is 51.4 Å². The molecule has 36 heteroatoms. The highest BCUT2D eigenvalue weighted by Crippen LogP contribution is 2.15. The third-order valence-electron chi connectivity index (χ3n) is 15.7. The Bertz CT molecular complexity index is 2380. The van der Waals surface area contributed by atoms with E-state index in [0.29, 0.717) is 143 Å². The molecule has 1 fully saturated rings. The number of ether oxygens (including phenoxy) is 10. The van der Waals surface area contributed by atoms with Crippen molar-refractivity contribution < 1.29 is 116 Å². The Labute approximate surface area is 600 Å². The second-order valence-electron chi connectivity index (χ2n) is 24.4. The summed E-state index contributed by atoms with van der Waals surface area (Å²) in [5.41, 5.74) is 10.6. The third kappa shape index (κ3) is 56.6. The van der Waals surface area contributed by atoms with E-state index in [2.05, 4.69) is 31.9 Å². The van der Waals surface area contributed by atoms with Gasteiger partial charge in [0.25, 0.3) is 12.9 Å². The normalized spacial score (nSPS) is 14.3. The summed E-state index contributed by atoms with van der Waals surface area (Å²) in [6, 6.07) is 0. The average molecular weight is 1470 g/mol. The van der Waals surface area contributed by atoms with Gasteiger partial charge in [0.05, 0.1) is 72.6 Å². The summed E-state index contributed by atoms with van der Waals surface area (Å²) in [4.78, 5) is 164. The smallest absolute Gasteiger partial charge is 0.317 e. The zero-order valence-corrected chi connectivity index (χ0v) is 60.1. The first-order valence-electron chi connectivity index (χ1n) is 35.3. The van der Waals surface area contributed by atoms with Crippen LogP contribution in [-0.2, 0) is 110 Å². The van der Waals surface area contributed by atoms with Crippen LogP contribution in [0.5, 0.6) is 0 Å². The van der Waals surface area contributed by atoms with E-state index < -0.39 is 17.8 Å². The van der Waals surface area contributed by atoms with Crippen LogP contribution >= 0.6 is 0 Å². The highest BCUT2D eigenvalue weighted by atomic mass is 16.7. The molecule has 1 heterocycles. The van der Waals surface area contributed by atoms with Crippen molar-refractivity contribution in [1.29, 1.82) is 0 Å². The van der Waals surface area contributed by atoms with Crippen molar-refractivity contribution >= 4 is 77.7 Å². The minimum Gasteiger partial charge on any atom is -0.480 e. The van der Waals surface area contributed by atoms with Crippen LogP contribution in [0.4, 0.5) is 0 Å². The lowest BCUT2D eigenvalue weighted by atomic mass is 9.95. The van der Waals surface area contributed by atoms with Crippen molar-refractivity contribution in [3.63, 3.8) is 0 Å². The fourth-order valence-electron chi connectivity index (χ4n) is 9.67. The maximum absolute atomic E-state index is 13.3. The molecule has 1 aliphatic heterocycles. The van der Waals surface area contributed by atoms with Gasteiger partial charge in [-0.2, -0.15) is 0 Å². The number of nitrogens with zero attached hydrogens (tertiary/aromatic N) is 4. The molecule has 0 unspecified atom stereocenters. The van der Waals surface area contributed by atoms with Gasteiger partial charge in [-0.3, -0.25) is 81.9 Å². The molecular weight excluding hydrogens is 1340 g/mol. The van der Waals surface area contributed by atoms with Crippen LogP contribution in [0.15, 0.2) is 0 Å². The van der Waals surface area contributed by atoms with Crippen LogP contribution in [-0.4, -0.2) is 320 Å². The Kier molecular flexibility index (Phi) is 58.1. The van der Waals surface area contributed by atoms with E-state index in [-0.39, 0.29) is 237 Å². The number of carboxylic acids is 1. The molecule has 0 aromatic carbocycles. The Hall–Kier alpha value is -6.97. The molecule has 1 saturated heterocycles. The van der Waals surface area contributed by atoms with E-state index in [0.717, 1.165) is 12.8 Å². The molecule has 0 radical (unpaired) electrons. The SMILES string of the molecule is C[C@@H](CCCCNC(=O)COCCOCCNC(=O)COCCOCCNC(=O)CCCC(=O)NCCCC[C@H](CC(=O)COCOCCCC(=O)COCCOCCNC(=O)CN1CCN(COC=O)CCN(COC=O)CCN(CC(=O)O)CC1)C(=O)NCCCC[C@H](C)C(N)=O)C(N)=O.[HH]. The summed E-state index contributed by atoms with van der Waals surface area (Å²) in [6.07, 6.45) is 6.52. The molecule has 0 bridgehead atoms. The number of ketones is 2. The van der Waals surface area contributed by atoms with Crippen LogP contribution in [0, 0.1) is 17.8 Å². The van der Waals surface area contributed by atoms with E-state index in [1.807, 2.05) is 14.7 Å². The molecule has 3 atom stereocenters. The first kappa shape index (κ1) is 93.0. The zero-order chi connectivity index (χ0) is 75.1. The lowest BCUT2D eigenvalue weighted by Crippen LogP contribution is -2.49. The summed E-state index contributed by atoms with van der Waals surface area (Å²) in [7, 11) is 0. The number of aliphatic carboxylic acids is 1. The number of nitrogens with one attached hydrogen (secondary N) is 6. The monoisotopic (exact) mass is 1460 g/mol. The number of hydrogen-bond donors (Lipinski definition) is 9. The number of Topliss-reactive ketones (excluding diaryl/α,β-unsaturated/α-hetero) is 2. The highest BCUT2D eigenvalue weighted by Gasteiger charge is 2.24. The number of rotatable bonds is 66. The van der Waals surface area contributed by atoms with Crippen LogP contribution in [0.3, 0.4) is 0 Å². The summed E-state index contributed by atoms with van der Waals surface area (Å²) in [5.74, 6) is -4.96. The molecule has 1 rings (SSSR count). The number of unbranched alkanes of at least 4 members (excludes halogenated alkanes) is 3. The second kappa shape index (κ2) is 63.7. The number of nitrogens with two attached hydrogens (primary N) is 2. The van der Waals surface area contributed by atoms with Gasteiger partial charge in [-0.1, -0.05) is 33.1 Å². The molecule has 11 N–H and O–H groups in total. The van der Waals surface area contributed by atoms with Crippen LogP contribution in [0.2, 0.25) is 0 Å². The average Bonchev–Trinajstić information content (AvgIpc) is 0.926. The van der Waals surface area contributed by atoms with E-state index in [9.17, 15) is 67.4 Å². The Balaban J connectivity index is 0.000104. The van der Waals surface area contributed by atoms with Gasteiger partial charge in [0, 0.05) is 143 Å². The number of carbonyl (C=O) groups excluding carboxylic acids is 12. The van der Waals surface area contributed by atoms with Gasteiger partial charge in [0.2, 0.25) is 47.3 Å². The third-order valence-corrected chi connectivity index (χ3v) is 15.7. The molecule has 0 spiro atoms. The zero-order valence-electron chi connectivity index (χ0n) is 60.1. The lowest BCUT2D eigenvalue weighted by molar-refractivity contribution is -0.139. The van der Waals surface area contributed by atoms with Crippen molar-refractivity contribution in [1.82, 2.24) is 51.5 Å². The molecule has 0 saturated carbocycles. The largest absolute Gasteiger partial charge is 0.480 e. The Morgan fingerprint density at radius 2 is 0.804 bits per heavy atom. The predicted molar refractivity (Wildman–Crippen MR) is 369 cm³/mol. The molecule has 588 valence electrons. The van der Waals surface area contributed by atoms with Gasteiger partial charge in [0.1, 0.15) is 46.7 Å². The van der Waals surface area contributed by atoms with Crippen molar-refractivity contribution in [2.75, 3.05) is 217 Å². The van der Waals surface area contributed by atoms with Crippen LogP contribution in [0.1, 0.15) is 112 Å². The van der Waals surface area contributed by atoms with Crippen molar-refractivity contribution in [3.05, 3.63) is 0 Å². The number of carbonyl (C=O) groups is 13. The van der Waals surface area contributed by atoms with Gasteiger partial charge >= 0.3 is 5.97 Å². The fraction of sp³-hybridized carbons (Fsp3) is 0.803. The molecule has 0 aliphatic carbocycles. The summed E-state index contributed by atoms with van der Waals surface area (Å²) in [6.45, 7) is 10.2. The molecule has 36 nitrogen and oxygen atoms in total. The van der Waals surface area contributed by atoms with Crippen molar-refractivity contribution in [2.24, 2.45) is 29.2 Å². The minimum absolute atomic E-state index is 0. The van der Waals surface area contributed by atoms with Crippen molar-refractivity contribution in [3.8, 4) is 0 Å². The standard InChI is InChI=1S/C66H118N12O24.H2/c1-53(64(67)90)11-3-6-18-70-61(86)46-97-39-37-95-34-22-73-62(87)47-98-40-36-93-32-20-71-59(84)16-9-15-58(83)69-17-8-5-13-55(66(92)74-19-7-4-12-54(2)65(68)91)41-57(82)45-100-52-99-31-10-14-56(81)44-96-38-35-94-33-21-72-60(85)42-75-23-24-76(43-63(88)89)26-28-78(49-102-51-80)30-29-77(27-25-75)48-101-50-79;/h50-51,53-55H,3-49,52H2,1-2H3,(H2,67,90)(H2,68,91)(H,69,83)(H,70,86)(H,71,84)(H,72,85)(H,73,87)(H,74,92)(H,88,89);1H/t53-,54-,55+;/m0./s1. The van der Waals surface area contributed by atoms with E-state index in [1.54, 1.807) is 18.7 Å². The fourth-order valence-corrected chi connectivity index (χ4v) is 9.67. The molecular formula is C66H120N12O24. The summed E-state index contributed by atoms with van der Waals surface area (Å²) >= 11 is 0. The van der Waals surface area contributed by atoms with Gasteiger partial charge in [-0.15, -0.1) is 0 Å². The molecule has 1 aliphatic rings. The van der Waals surface area contributed by atoms with E-state index in [1.165, 1.54) is 0 Å². The maximum Gasteiger partial charge on any atom is 0.317 e. The summed E-state index contributed by atoms with van der Waals surface area (Å²) in [5, 5.41) is 26.2. The molecule has 0 aromatic rings. The Morgan fingerprint density at radius 3 is 1.28 bits per heavy atom. The van der Waals surface area contributed by atoms with Crippen molar-refractivity contribution in [2.45, 2.75) is 110 Å². The highest BCUT2D eigenvalue weighted by molar-refractivity contribution is 5.87. The number of amides is 8. The quantitative estimate of drug-likeness (QED) is 0.0172. The van der Waals surface area contributed by atoms with E-state index >= 15 is 0 Å². The second-order valence-corrected chi connectivity index (χ2v) is 24.4. The first-order valence-corrected chi connectivity index (χ1v) is 35.3. The van der Waals surface area contributed by atoms with Gasteiger partial charge in [-0.25, -0.2) is 0 Å². The number of hydrogen-bond acceptors (Lipinski definition) is 27. The predicted octanol–water partition coefficient (Wildman–Crippen LogP) is -2.56. The van der Waals surface area contributed by atoms with E-state index in [4.69, 9.17) is 58.8 Å². The minimum atomic E-state index is -0.999. The Morgan fingerprint density at radius 1 is 0.402 bits per heavy atom. The molecule has 102 heavy (non-hydrogen) atoms. The number of carboxylic acid groups (broad SMARTS) is 1. The topological polar surface area (TPSA) is 472 Å². The van der Waals surface area contributed by atoms with Gasteiger partial charge < -0.3 is 95.8 Å². The molecule has 8 amide bonds. The van der Waals surface area contributed by atoms with Gasteiger partial charge in [0.15, 0.2) is 11.6 Å². The number of primary amides is 2. The first-order chi connectivity index (χ1) is 49.2. The lowest BCUT2D eigenvalue weighted by Gasteiger charge is -2.33. The molecule has 0 aromatic heterocycles. The summed E-state index contributed by atoms with van der Waals surface area (Å²) < 4.78 is 53.2.